The SMILES string of the molecule is COCc1cnc2n1CCN(C(=O)c1ncn(C)n1)C2C. The molecular formula is C13H18N6O2. The summed E-state index contributed by atoms with van der Waals surface area (Å²) in [7, 11) is 3.40. The standard InChI is InChI=1S/C13H18N6O2/c1-9-12-14-6-10(7-21-3)19(12)5-4-18(9)13(20)11-15-8-17(2)16-11/h6,8-9H,4-5,7H2,1-3H3. The maximum Gasteiger partial charge on any atom is 0.294 e. The van der Waals surface area contributed by atoms with Crippen LogP contribution in [0.2, 0.25) is 0 Å². The molecule has 2 aromatic heterocycles. The van der Waals surface area contributed by atoms with E-state index in [0.29, 0.717) is 19.7 Å². The average molecular weight is 290 g/mol. The molecular weight excluding hydrogens is 272 g/mol. The third-order valence-corrected chi connectivity index (χ3v) is 3.72. The zero-order valence-corrected chi connectivity index (χ0v) is 12.4. The lowest BCUT2D eigenvalue weighted by Crippen LogP contribution is -2.42. The van der Waals surface area contributed by atoms with Gasteiger partial charge in [-0.05, 0) is 6.92 Å². The fourth-order valence-electron chi connectivity index (χ4n) is 2.67. The molecule has 0 fully saturated rings. The van der Waals surface area contributed by atoms with E-state index >= 15 is 0 Å². The molecule has 0 bridgehead atoms. The Bertz CT molecular complexity index is 661. The summed E-state index contributed by atoms with van der Waals surface area (Å²) in [4.78, 5) is 22.7. The van der Waals surface area contributed by atoms with E-state index in [9.17, 15) is 4.79 Å². The highest BCUT2D eigenvalue weighted by Gasteiger charge is 2.32. The Morgan fingerprint density at radius 3 is 2.90 bits per heavy atom. The van der Waals surface area contributed by atoms with Crippen LogP contribution in [0.15, 0.2) is 12.5 Å². The first-order valence-electron chi connectivity index (χ1n) is 6.81. The number of hydrogen-bond acceptors (Lipinski definition) is 5. The number of hydrogen-bond donors (Lipinski definition) is 0. The van der Waals surface area contributed by atoms with Crippen LogP contribution in [0.3, 0.4) is 0 Å². The first-order chi connectivity index (χ1) is 10.1. The molecule has 112 valence electrons. The molecule has 1 atom stereocenters. The minimum absolute atomic E-state index is 0.110. The second-order valence-corrected chi connectivity index (χ2v) is 5.11. The Morgan fingerprint density at radius 2 is 2.24 bits per heavy atom. The van der Waals surface area contributed by atoms with Gasteiger partial charge in [0.25, 0.3) is 5.91 Å². The lowest BCUT2D eigenvalue weighted by atomic mass is 10.2. The monoisotopic (exact) mass is 290 g/mol. The average Bonchev–Trinajstić information content (AvgIpc) is 3.07. The van der Waals surface area contributed by atoms with Gasteiger partial charge in [-0.1, -0.05) is 0 Å². The Balaban J connectivity index is 1.85. The summed E-state index contributed by atoms with van der Waals surface area (Å²) in [5.41, 5.74) is 1.03. The third-order valence-electron chi connectivity index (χ3n) is 3.72. The molecule has 0 spiro atoms. The zero-order chi connectivity index (χ0) is 15.0. The van der Waals surface area contributed by atoms with E-state index in [2.05, 4.69) is 19.6 Å². The molecule has 8 heteroatoms. The van der Waals surface area contributed by atoms with Crippen molar-refractivity contribution in [3.8, 4) is 0 Å². The Kier molecular flexibility index (Phi) is 3.46. The van der Waals surface area contributed by atoms with Gasteiger partial charge in [0.2, 0.25) is 5.82 Å². The summed E-state index contributed by atoms with van der Waals surface area (Å²) in [6, 6.07) is -0.110. The van der Waals surface area contributed by atoms with Crippen molar-refractivity contribution in [2.45, 2.75) is 26.1 Å². The van der Waals surface area contributed by atoms with Gasteiger partial charge in [-0.2, -0.15) is 0 Å². The summed E-state index contributed by atoms with van der Waals surface area (Å²) in [5, 5.41) is 4.08. The van der Waals surface area contributed by atoms with Gasteiger partial charge in [0.1, 0.15) is 12.2 Å². The number of amides is 1. The van der Waals surface area contributed by atoms with Crippen molar-refractivity contribution in [2.24, 2.45) is 7.05 Å². The van der Waals surface area contributed by atoms with Gasteiger partial charge in [-0.15, -0.1) is 5.10 Å². The number of aromatic nitrogens is 5. The van der Waals surface area contributed by atoms with Gasteiger partial charge in [0.05, 0.1) is 24.5 Å². The lowest BCUT2D eigenvalue weighted by Gasteiger charge is -2.33. The second-order valence-electron chi connectivity index (χ2n) is 5.11. The van der Waals surface area contributed by atoms with Crippen LogP contribution >= 0.6 is 0 Å². The van der Waals surface area contributed by atoms with Crippen molar-refractivity contribution in [3.05, 3.63) is 29.9 Å². The quantitative estimate of drug-likeness (QED) is 0.816. The Hall–Kier alpha value is -2.22. The molecule has 0 saturated carbocycles. The molecule has 8 nitrogen and oxygen atoms in total. The summed E-state index contributed by atoms with van der Waals surface area (Å²) in [6.07, 6.45) is 3.34. The Labute approximate surface area is 122 Å². The van der Waals surface area contributed by atoms with Gasteiger partial charge < -0.3 is 14.2 Å². The maximum atomic E-state index is 12.5. The number of carbonyl (C=O) groups excluding carboxylic acids is 1. The first kappa shape index (κ1) is 13.7. The summed E-state index contributed by atoms with van der Waals surface area (Å²) >= 11 is 0. The lowest BCUT2D eigenvalue weighted by molar-refractivity contribution is 0.0619. The van der Waals surface area contributed by atoms with E-state index in [1.54, 1.807) is 19.1 Å². The zero-order valence-electron chi connectivity index (χ0n) is 12.4. The third kappa shape index (κ3) is 2.31. The van der Waals surface area contributed by atoms with Crippen LogP contribution in [-0.4, -0.2) is 48.8 Å². The van der Waals surface area contributed by atoms with E-state index in [1.807, 2.05) is 13.1 Å². The molecule has 0 N–H and O–H groups in total. The number of methoxy groups -OCH3 is 1. The number of aryl methyl sites for hydroxylation is 1. The van der Waals surface area contributed by atoms with Crippen molar-refractivity contribution in [2.75, 3.05) is 13.7 Å². The van der Waals surface area contributed by atoms with Crippen LogP contribution in [0.4, 0.5) is 0 Å². The van der Waals surface area contributed by atoms with Crippen molar-refractivity contribution in [3.63, 3.8) is 0 Å². The number of ether oxygens (including phenoxy) is 1. The molecule has 1 unspecified atom stereocenters. The number of rotatable bonds is 3. The summed E-state index contributed by atoms with van der Waals surface area (Å²) in [6.45, 7) is 3.81. The van der Waals surface area contributed by atoms with Crippen molar-refractivity contribution >= 4 is 5.91 Å². The van der Waals surface area contributed by atoms with Crippen LogP contribution in [0.25, 0.3) is 0 Å². The van der Waals surface area contributed by atoms with Crippen molar-refractivity contribution in [1.82, 2.24) is 29.2 Å². The van der Waals surface area contributed by atoms with Crippen LogP contribution in [0.5, 0.6) is 0 Å². The van der Waals surface area contributed by atoms with Crippen molar-refractivity contribution < 1.29 is 9.53 Å². The summed E-state index contributed by atoms with van der Waals surface area (Å²) in [5.74, 6) is 0.935. The highest BCUT2D eigenvalue weighted by Crippen LogP contribution is 2.26. The van der Waals surface area contributed by atoms with Crippen molar-refractivity contribution in [1.29, 1.82) is 0 Å². The van der Waals surface area contributed by atoms with Gasteiger partial charge >= 0.3 is 0 Å². The molecule has 1 aliphatic rings. The van der Waals surface area contributed by atoms with Gasteiger partial charge in [0.15, 0.2) is 0 Å². The molecule has 0 saturated heterocycles. The highest BCUT2D eigenvalue weighted by molar-refractivity contribution is 5.90. The van der Waals surface area contributed by atoms with Crippen LogP contribution in [0.1, 0.15) is 35.1 Å². The number of imidazole rings is 1. The fraction of sp³-hybridized carbons (Fsp3) is 0.538. The highest BCUT2D eigenvalue weighted by atomic mass is 16.5. The largest absolute Gasteiger partial charge is 0.378 e. The minimum atomic E-state index is -0.161. The van der Waals surface area contributed by atoms with E-state index in [-0.39, 0.29) is 17.8 Å². The van der Waals surface area contributed by atoms with Gasteiger partial charge in [-0.25, -0.2) is 9.97 Å². The molecule has 0 aromatic carbocycles. The molecule has 0 radical (unpaired) electrons. The van der Waals surface area contributed by atoms with Crippen LogP contribution < -0.4 is 0 Å². The number of nitrogens with zero attached hydrogens (tertiary/aromatic N) is 6. The molecule has 1 aliphatic heterocycles. The molecule has 3 rings (SSSR count). The predicted molar refractivity (Wildman–Crippen MR) is 73.4 cm³/mol. The molecule has 3 heterocycles. The maximum absolute atomic E-state index is 12.5. The molecule has 21 heavy (non-hydrogen) atoms. The smallest absolute Gasteiger partial charge is 0.294 e. The summed E-state index contributed by atoms with van der Waals surface area (Å²) < 4.78 is 8.81. The van der Waals surface area contributed by atoms with E-state index < -0.39 is 0 Å². The molecule has 2 aromatic rings. The van der Waals surface area contributed by atoms with Gasteiger partial charge in [-0.3, -0.25) is 9.48 Å². The van der Waals surface area contributed by atoms with E-state index in [4.69, 9.17) is 4.74 Å². The van der Waals surface area contributed by atoms with E-state index in [0.717, 1.165) is 11.5 Å². The topological polar surface area (TPSA) is 78.1 Å². The van der Waals surface area contributed by atoms with Gasteiger partial charge in [0, 0.05) is 27.2 Å². The number of fused-ring (bicyclic) bond motifs is 1. The fourth-order valence-corrected chi connectivity index (χ4v) is 2.67. The first-order valence-corrected chi connectivity index (χ1v) is 6.81. The minimum Gasteiger partial charge on any atom is -0.378 e. The van der Waals surface area contributed by atoms with Crippen LogP contribution in [0, 0.1) is 0 Å². The predicted octanol–water partition coefficient (Wildman–Crippen LogP) is 0.375. The van der Waals surface area contributed by atoms with Crippen LogP contribution in [-0.2, 0) is 24.9 Å². The second kappa shape index (κ2) is 5.28. The Morgan fingerprint density at radius 1 is 1.43 bits per heavy atom. The molecule has 1 amide bonds. The van der Waals surface area contributed by atoms with E-state index in [1.165, 1.54) is 11.0 Å². The molecule has 0 aliphatic carbocycles. The number of carbonyl (C=O) groups is 1. The normalized spacial score (nSPS) is 17.9.